The minimum Gasteiger partial charge on any atom is -0.381 e. The molecule has 2 rings (SSSR count). The topological polar surface area (TPSA) is 69.4 Å². The van der Waals surface area contributed by atoms with Crippen molar-refractivity contribution < 1.29 is 13.2 Å². The van der Waals surface area contributed by atoms with Gasteiger partial charge in [-0.15, -0.1) is 0 Å². The van der Waals surface area contributed by atoms with Gasteiger partial charge in [-0.1, -0.05) is 12.1 Å². The van der Waals surface area contributed by atoms with E-state index in [1.54, 1.807) is 12.1 Å². The van der Waals surface area contributed by atoms with Crippen LogP contribution in [-0.4, -0.2) is 27.9 Å². The van der Waals surface area contributed by atoms with Crippen molar-refractivity contribution >= 4 is 9.84 Å². The van der Waals surface area contributed by atoms with Crippen LogP contribution in [0.2, 0.25) is 0 Å². The normalized spacial score (nSPS) is 19.7. The van der Waals surface area contributed by atoms with Gasteiger partial charge in [0.1, 0.15) is 0 Å². The first kappa shape index (κ1) is 13.5. The van der Waals surface area contributed by atoms with Gasteiger partial charge in [0, 0.05) is 25.5 Å². The Labute approximate surface area is 108 Å². The van der Waals surface area contributed by atoms with Gasteiger partial charge in [0.05, 0.1) is 4.90 Å². The zero-order valence-corrected chi connectivity index (χ0v) is 11.3. The molecule has 18 heavy (non-hydrogen) atoms. The van der Waals surface area contributed by atoms with Crippen LogP contribution in [0.1, 0.15) is 24.4 Å². The fraction of sp³-hybridized carbons (Fsp3) is 0.538. The Balaban J connectivity index is 2.13. The second kappa shape index (κ2) is 5.38. The molecule has 4 nitrogen and oxygen atoms in total. The molecule has 0 aliphatic carbocycles. The Morgan fingerprint density at radius 2 is 1.78 bits per heavy atom. The van der Waals surface area contributed by atoms with Crippen molar-refractivity contribution in [2.24, 2.45) is 11.7 Å². The molecule has 1 heterocycles. The molecule has 0 bridgehead atoms. The second-order valence-corrected chi connectivity index (χ2v) is 6.83. The van der Waals surface area contributed by atoms with Gasteiger partial charge >= 0.3 is 0 Å². The smallest absolute Gasteiger partial charge is 0.175 e. The number of benzene rings is 1. The highest BCUT2D eigenvalue weighted by Gasteiger charge is 2.22. The predicted molar refractivity (Wildman–Crippen MR) is 70.0 cm³/mol. The van der Waals surface area contributed by atoms with E-state index in [2.05, 4.69) is 0 Å². The van der Waals surface area contributed by atoms with Gasteiger partial charge in [-0.25, -0.2) is 8.42 Å². The molecule has 0 spiro atoms. The summed E-state index contributed by atoms with van der Waals surface area (Å²) in [6.45, 7) is 1.53. The van der Waals surface area contributed by atoms with E-state index in [0.717, 1.165) is 31.6 Å². The molecule has 0 unspecified atom stereocenters. The maximum Gasteiger partial charge on any atom is 0.175 e. The first-order chi connectivity index (χ1) is 8.48. The van der Waals surface area contributed by atoms with Crippen molar-refractivity contribution in [1.29, 1.82) is 0 Å². The van der Waals surface area contributed by atoms with E-state index < -0.39 is 9.84 Å². The summed E-state index contributed by atoms with van der Waals surface area (Å²) in [7, 11) is -3.13. The predicted octanol–water partition coefficient (Wildman–Crippen LogP) is 1.52. The summed E-state index contributed by atoms with van der Waals surface area (Å²) in [5.74, 6) is 0.419. The lowest BCUT2D eigenvalue weighted by Crippen LogP contribution is -2.27. The molecular weight excluding hydrogens is 250 g/mol. The number of hydrogen-bond acceptors (Lipinski definition) is 4. The monoisotopic (exact) mass is 269 g/mol. The number of hydrogen-bond donors (Lipinski definition) is 1. The van der Waals surface area contributed by atoms with E-state index in [1.807, 2.05) is 12.1 Å². The third kappa shape index (κ3) is 3.10. The quantitative estimate of drug-likeness (QED) is 0.903. The summed E-state index contributed by atoms with van der Waals surface area (Å²) < 4.78 is 28.1. The van der Waals surface area contributed by atoms with Gasteiger partial charge < -0.3 is 10.5 Å². The summed E-state index contributed by atoms with van der Waals surface area (Å²) in [6, 6.07) is 6.85. The summed E-state index contributed by atoms with van der Waals surface area (Å²) in [4.78, 5) is 0.338. The molecule has 1 atom stereocenters. The molecular formula is C13H19NO3S. The Morgan fingerprint density at radius 1 is 1.22 bits per heavy atom. The number of nitrogens with two attached hydrogens (primary N) is 1. The Bertz CT molecular complexity index is 489. The third-order valence-electron chi connectivity index (χ3n) is 3.47. The van der Waals surface area contributed by atoms with Crippen LogP contribution in [0.5, 0.6) is 0 Å². The lowest BCUT2D eigenvalue weighted by molar-refractivity contribution is 0.0584. The van der Waals surface area contributed by atoms with Crippen molar-refractivity contribution in [3.8, 4) is 0 Å². The standard InChI is InChI=1S/C13H19NO3S/c1-18(15,16)12-4-2-10(3-5-12)13(14)11-6-8-17-9-7-11/h2-5,11,13H,6-9,14H2,1H3/t13-/m1/s1. The van der Waals surface area contributed by atoms with Crippen LogP contribution < -0.4 is 5.73 Å². The van der Waals surface area contributed by atoms with Gasteiger partial charge in [-0.05, 0) is 36.5 Å². The zero-order chi connectivity index (χ0) is 13.2. The molecule has 1 fully saturated rings. The lowest BCUT2D eigenvalue weighted by Gasteiger charge is -2.27. The molecule has 0 radical (unpaired) electrons. The van der Waals surface area contributed by atoms with Crippen LogP contribution in [0.15, 0.2) is 29.2 Å². The number of sulfone groups is 1. The molecule has 100 valence electrons. The van der Waals surface area contributed by atoms with Gasteiger partial charge in [0.25, 0.3) is 0 Å². The molecule has 1 aromatic carbocycles. The summed E-state index contributed by atoms with van der Waals surface area (Å²) >= 11 is 0. The average Bonchev–Trinajstić information content (AvgIpc) is 2.38. The van der Waals surface area contributed by atoms with E-state index >= 15 is 0 Å². The van der Waals surface area contributed by atoms with Crippen LogP contribution >= 0.6 is 0 Å². The summed E-state index contributed by atoms with van der Waals surface area (Å²) in [5, 5.41) is 0. The Hall–Kier alpha value is -0.910. The molecule has 1 aliphatic rings. The number of ether oxygens (including phenoxy) is 1. The fourth-order valence-corrected chi connectivity index (χ4v) is 2.91. The molecule has 1 saturated heterocycles. The van der Waals surface area contributed by atoms with E-state index in [-0.39, 0.29) is 6.04 Å². The molecule has 5 heteroatoms. The van der Waals surface area contributed by atoms with Crippen LogP contribution in [0.25, 0.3) is 0 Å². The zero-order valence-electron chi connectivity index (χ0n) is 10.5. The molecule has 0 aromatic heterocycles. The average molecular weight is 269 g/mol. The highest BCUT2D eigenvalue weighted by Crippen LogP contribution is 2.28. The van der Waals surface area contributed by atoms with E-state index in [1.165, 1.54) is 6.26 Å². The van der Waals surface area contributed by atoms with Crippen molar-refractivity contribution in [3.05, 3.63) is 29.8 Å². The maximum absolute atomic E-state index is 11.4. The van der Waals surface area contributed by atoms with Crippen molar-refractivity contribution in [2.45, 2.75) is 23.8 Å². The number of rotatable bonds is 3. The maximum atomic E-state index is 11.4. The summed E-state index contributed by atoms with van der Waals surface area (Å²) in [6.07, 6.45) is 3.14. The SMILES string of the molecule is CS(=O)(=O)c1ccc([C@@H](N)C2CCOCC2)cc1. The van der Waals surface area contributed by atoms with Crippen LogP contribution in [-0.2, 0) is 14.6 Å². The van der Waals surface area contributed by atoms with Crippen LogP contribution in [0.3, 0.4) is 0 Å². The highest BCUT2D eigenvalue weighted by molar-refractivity contribution is 7.90. The molecule has 1 aromatic rings. The highest BCUT2D eigenvalue weighted by atomic mass is 32.2. The fourth-order valence-electron chi connectivity index (χ4n) is 2.28. The van der Waals surface area contributed by atoms with E-state index in [9.17, 15) is 8.42 Å². The molecule has 0 amide bonds. The van der Waals surface area contributed by atoms with Crippen LogP contribution in [0.4, 0.5) is 0 Å². The van der Waals surface area contributed by atoms with E-state index in [4.69, 9.17) is 10.5 Å². The van der Waals surface area contributed by atoms with Gasteiger partial charge in [0.15, 0.2) is 9.84 Å². The third-order valence-corrected chi connectivity index (χ3v) is 4.60. The van der Waals surface area contributed by atoms with E-state index in [0.29, 0.717) is 10.8 Å². The second-order valence-electron chi connectivity index (χ2n) is 4.82. The largest absolute Gasteiger partial charge is 0.381 e. The molecule has 1 aliphatic heterocycles. The Morgan fingerprint density at radius 3 is 2.28 bits per heavy atom. The van der Waals surface area contributed by atoms with Crippen molar-refractivity contribution in [1.82, 2.24) is 0 Å². The van der Waals surface area contributed by atoms with Crippen LogP contribution in [0, 0.1) is 5.92 Å². The minimum absolute atomic E-state index is 0.0393. The lowest BCUT2D eigenvalue weighted by atomic mass is 9.88. The Kier molecular flexibility index (Phi) is 4.04. The van der Waals surface area contributed by atoms with Gasteiger partial charge in [-0.3, -0.25) is 0 Å². The first-order valence-electron chi connectivity index (χ1n) is 6.12. The minimum atomic E-state index is -3.13. The summed E-state index contributed by atoms with van der Waals surface area (Å²) in [5.41, 5.74) is 7.22. The molecule has 2 N–H and O–H groups in total. The molecule has 0 saturated carbocycles. The first-order valence-corrected chi connectivity index (χ1v) is 8.01. The van der Waals surface area contributed by atoms with Gasteiger partial charge in [-0.2, -0.15) is 0 Å². The van der Waals surface area contributed by atoms with Crippen molar-refractivity contribution in [3.63, 3.8) is 0 Å². The van der Waals surface area contributed by atoms with Gasteiger partial charge in [0.2, 0.25) is 0 Å². The van der Waals surface area contributed by atoms with Crippen molar-refractivity contribution in [2.75, 3.05) is 19.5 Å².